The molecule has 0 saturated carbocycles. The van der Waals surface area contributed by atoms with Crippen molar-refractivity contribution >= 4 is 51.3 Å². The zero-order valence-electron chi connectivity index (χ0n) is 15.9. The molecule has 3 aromatic rings. The summed E-state index contributed by atoms with van der Waals surface area (Å²) in [5.74, 6) is 0.925. The molecule has 3 aromatic carbocycles. The van der Waals surface area contributed by atoms with E-state index in [9.17, 15) is 4.79 Å². The zero-order chi connectivity index (χ0) is 21.5. The van der Waals surface area contributed by atoms with Gasteiger partial charge in [-0.15, -0.1) is 0 Å². The zero-order valence-corrected chi connectivity index (χ0v) is 19.0. The molecule has 0 aromatic heterocycles. The number of hydrogen-bond donors (Lipinski definition) is 1. The molecule has 0 radical (unpaired) electrons. The van der Waals surface area contributed by atoms with Crippen molar-refractivity contribution < 1.29 is 14.3 Å². The number of benzene rings is 3. The Balaban J connectivity index is 1.59. The lowest BCUT2D eigenvalue weighted by Crippen LogP contribution is -2.17. The number of nitrogens with one attached hydrogen (secondary N) is 1. The van der Waals surface area contributed by atoms with Gasteiger partial charge in [-0.3, -0.25) is 4.79 Å². The maximum atomic E-state index is 12.2. The van der Waals surface area contributed by atoms with Crippen LogP contribution in [0.1, 0.15) is 21.5 Å². The molecule has 8 heteroatoms. The van der Waals surface area contributed by atoms with Crippen LogP contribution in [0.15, 0.2) is 70.2 Å². The third-order valence-corrected chi connectivity index (χ3v) is 5.27. The Morgan fingerprint density at radius 3 is 2.70 bits per heavy atom. The summed E-state index contributed by atoms with van der Waals surface area (Å²) in [4.78, 5) is 12.2. The van der Waals surface area contributed by atoms with Crippen LogP contribution in [0.4, 0.5) is 0 Å². The van der Waals surface area contributed by atoms with E-state index in [0.29, 0.717) is 33.7 Å². The Morgan fingerprint density at radius 1 is 1.13 bits per heavy atom. The second kappa shape index (κ2) is 10.5. The topological polar surface area (TPSA) is 59.9 Å². The monoisotopic (exact) mass is 506 g/mol. The lowest BCUT2D eigenvalue weighted by Gasteiger charge is -2.10. The van der Waals surface area contributed by atoms with Gasteiger partial charge in [-0.25, -0.2) is 5.43 Å². The fraction of sp³-hybridized carbons (Fsp3) is 0.0909. The predicted octanol–water partition coefficient (Wildman–Crippen LogP) is 6.11. The van der Waals surface area contributed by atoms with Crippen molar-refractivity contribution in [2.24, 2.45) is 5.10 Å². The van der Waals surface area contributed by atoms with Crippen LogP contribution < -0.4 is 14.9 Å². The minimum atomic E-state index is -0.330. The summed E-state index contributed by atoms with van der Waals surface area (Å²) in [6.07, 6.45) is 1.54. The van der Waals surface area contributed by atoms with E-state index < -0.39 is 0 Å². The summed E-state index contributed by atoms with van der Waals surface area (Å²) in [6, 6.07) is 17.6. The third-order valence-electron chi connectivity index (χ3n) is 4.07. The lowest BCUT2D eigenvalue weighted by molar-refractivity contribution is 0.0955. The molecule has 0 bridgehead atoms. The normalized spacial score (nSPS) is 10.8. The van der Waals surface area contributed by atoms with Gasteiger partial charge in [0.25, 0.3) is 5.91 Å². The summed E-state index contributed by atoms with van der Waals surface area (Å²) in [6.45, 7) is 0.304. The Morgan fingerprint density at radius 2 is 1.97 bits per heavy atom. The van der Waals surface area contributed by atoms with Crippen molar-refractivity contribution in [1.82, 2.24) is 5.43 Å². The van der Waals surface area contributed by atoms with E-state index >= 15 is 0 Å². The Bertz CT molecular complexity index is 1090. The number of carbonyl (C=O) groups is 1. The molecule has 154 valence electrons. The largest absolute Gasteiger partial charge is 0.497 e. The van der Waals surface area contributed by atoms with Crippen molar-refractivity contribution in [3.8, 4) is 11.5 Å². The number of carbonyl (C=O) groups excluding carboxylic acids is 1. The third kappa shape index (κ3) is 5.98. The molecule has 0 aliphatic heterocycles. The highest BCUT2D eigenvalue weighted by molar-refractivity contribution is 9.10. The first-order valence-corrected chi connectivity index (χ1v) is 10.3. The van der Waals surface area contributed by atoms with Crippen LogP contribution in [0.2, 0.25) is 10.0 Å². The fourth-order valence-electron chi connectivity index (χ4n) is 2.50. The number of rotatable bonds is 7. The predicted molar refractivity (Wildman–Crippen MR) is 123 cm³/mol. The van der Waals surface area contributed by atoms with Gasteiger partial charge in [-0.2, -0.15) is 5.10 Å². The number of nitrogens with zero attached hydrogens (tertiary/aromatic N) is 1. The summed E-state index contributed by atoms with van der Waals surface area (Å²) in [7, 11) is 1.55. The maximum Gasteiger partial charge on any atom is 0.271 e. The van der Waals surface area contributed by atoms with Gasteiger partial charge in [0.2, 0.25) is 0 Å². The first kappa shape index (κ1) is 22.2. The van der Waals surface area contributed by atoms with E-state index in [4.69, 9.17) is 32.7 Å². The van der Waals surface area contributed by atoms with E-state index in [2.05, 4.69) is 26.5 Å². The number of hydrazone groups is 1. The van der Waals surface area contributed by atoms with Gasteiger partial charge in [-0.05, 0) is 70.0 Å². The Labute approximate surface area is 192 Å². The number of ether oxygens (including phenoxy) is 2. The van der Waals surface area contributed by atoms with Crippen LogP contribution >= 0.6 is 39.1 Å². The van der Waals surface area contributed by atoms with Crippen molar-refractivity contribution in [3.05, 3.63) is 91.9 Å². The summed E-state index contributed by atoms with van der Waals surface area (Å²) in [5.41, 5.74) is 4.56. The Hall–Kier alpha value is -2.54. The molecule has 0 saturated heterocycles. The number of halogens is 3. The van der Waals surface area contributed by atoms with Crippen LogP contribution in [0.5, 0.6) is 11.5 Å². The first-order chi connectivity index (χ1) is 14.5. The van der Waals surface area contributed by atoms with Crippen LogP contribution in [0.25, 0.3) is 0 Å². The minimum absolute atomic E-state index is 0.304. The van der Waals surface area contributed by atoms with Crippen LogP contribution in [-0.2, 0) is 6.61 Å². The summed E-state index contributed by atoms with van der Waals surface area (Å²) < 4.78 is 11.7. The van der Waals surface area contributed by atoms with E-state index in [1.807, 2.05) is 18.2 Å². The second-order valence-electron chi connectivity index (χ2n) is 6.15. The molecule has 0 atom stereocenters. The molecule has 30 heavy (non-hydrogen) atoms. The van der Waals surface area contributed by atoms with Crippen LogP contribution in [-0.4, -0.2) is 19.2 Å². The molecule has 1 amide bonds. The average Bonchev–Trinajstić information content (AvgIpc) is 2.74. The fourth-order valence-corrected chi connectivity index (χ4v) is 3.48. The van der Waals surface area contributed by atoms with E-state index in [-0.39, 0.29) is 5.91 Å². The van der Waals surface area contributed by atoms with E-state index in [0.717, 1.165) is 15.6 Å². The maximum absolute atomic E-state index is 12.2. The van der Waals surface area contributed by atoms with Gasteiger partial charge in [0, 0.05) is 21.2 Å². The highest BCUT2D eigenvalue weighted by Gasteiger charge is 2.07. The molecular formula is C22H17BrCl2N2O3. The quantitative estimate of drug-likeness (QED) is 0.310. The highest BCUT2D eigenvalue weighted by atomic mass is 79.9. The SMILES string of the molecule is COc1cccc(C(=O)N/N=C/c2ccc(OCc3ccc(Cl)cc3Cl)c(Br)c2)c1. The van der Waals surface area contributed by atoms with Crippen molar-refractivity contribution in [3.63, 3.8) is 0 Å². The van der Waals surface area contributed by atoms with Gasteiger partial charge in [0.15, 0.2) is 0 Å². The van der Waals surface area contributed by atoms with Crippen molar-refractivity contribution in [2.45, 2.75) is 6.61 Å². The minimum Gasteiger partial charge on any atom is -0.497 e. The van der Waals surface area contributed by atoms with Crippen LogP contribution in [0, 0.1) is 0 Å². The highest BCUT2D eigenvalue weighted by Crippen LogP contribution is 2.28. The van der Waals surface area contributed by atoms with Gasteiger partial charge in [0.1, 0.15) is 18.1 Å². The average molecular weight is 508 g/mol. The molecule has 0 aliphatic rings. The van der Waals surface area contributed by atoms with Crippen molar-refractivity contribution in [1.29, 1.82) is 0 Å². The number of amides is 1. The number of hydrogen-bond acceptors (Lipinski definition) is 4. The molecule has 3 rings (SSSR count). The first-order valence-electron chi connectivity index (χ1n) is 8.80. The van der Waals surface area contributed by atoms with Crippen LogP contribution in [0.3, 0.4) is 0 Å². The van der Waals surface area contributed by atoms with Gasteiger partial charge < -0.3 is 9.47 Å². The molecule has 0 heterocycles. The lowest BCUT2D eigenvalue weighted by atomic mass is 10.2. The molecule has 5 nitrogen and oxygen atoms in total. The molecule has 0 spiro atoms. The standard InChI is InChI=1S/C22H17BrCl2N2O3/c1-29-18-4-2-3-15(10-18)22(28)27-26-12-14-5-8-21(19(23)9-14)30-13-16-6-7-17(24)11-20(16)25/h2-12H,13H2,1H3,(H,27,28)/b26-12+. The van der Waals surface area contributed by atoms with Crippen molar-refractivity contribution in [2.75, 3.05) is 7.11 Å². The van der Waals surface area contributed by atoms with E-state index in [1.165, 1.54) is 0 Å². The summed E-state index contributed by atoms with van der Waals surface area (Å²) >= 11 is 15.6. The molecule has 1 N–H and O–H groups in total. The number of methoxy groups -OCH3 is 1. The molecule has 0 fully saturated rings. The molecular weight excluding hydrogens is 491 g/mol. The van der Waals surface area contributed by atoms with Gasteiger partial charge >= 0.3 is 0 Å². The van der Waals surface area contributed by atoms with Gasteiger partial charge in [-0.1, -0.05) is 35.3 Å². The Kier molecular flexibility index (Phi) is 7.74. The van der Waals surface area contributed by atoms with Gasteiger partial charge in [0.05, 0.1) is 17.8 Å². The second-order valence-corrected chi connectivity index (χ2v) is 7.84. The van der Waals surface area contributed by atoms with E-state index in [1.54, 1.807) is 55.8 Å². The molecule has 0 unspecified atom stereocenters. The molecule has 0 aliphatic carbocycles. The smallest absolute Gasteiger partial charge is 0.271 e. The summed E-state index contributed by atoms with van der Waals surface area (Å²) in [5, 5.41) is 5.13.